The van der Waals surface area contributed by atoms with Crippen LogP contribution in [0.3, 0.4) is 0 Å². The molecule has 0 unspecified atom stereocenters. The maximum absolute atomic E-state index is 12.6. The summed E-state index contributed by atoms with van der Waals surface area (Å²) in [4.78, 5) is 18.8. The molecule has 1 aliphatic heterocycles. The van der Waals surface area contributed by atoms with Gasteiger partial charge in [0.1, 0.15) is 0 Å². The summed E-state index contributed by atoms with van der Waals surface area (Å²) in [6, 6.07) is 18.7. The Balaban J connectivity index is 0.00000225. The van der Waals surface area contributed by atoms with Gasteiger partial charge in [-0.1, -0.05) is 48.5 Å². The van der Waals surface area contributed by atoms with Crippen molar-refractivity contribution in [3.05, 3.63) is 65.7 Å². The van der Waals surface area contributed by atoms with Crippen LogP contribution in [-0.4, -0.2) is 38.5 Å². The number of guanidine groups is 1. The molecule has 1 heterocycles. The van der Waals surface area contributed by atoms with Gasteiger partial charge in [0.15, 0.2) is 5.96 Å². The normalized spacial score (nSPS) is 16.8. The zero-order valence-corrected chi connectivity index (χ0v) is 18.5. The van der Waals surface area contributed by atoms with Crippen molar-refractivity contribution in [3.8, 4) is 0 Å². The van der Waals surface area contributed by atoms with Crippen molar-refractivity contribution in [3.63, 3.8) is 0 Å². The van der Waals surface area contributed by atoms with Crippen molar-refractivity contribution < 1.29 is 4.79 Å². The third kappa shape index (κ3) is 4.32. The molecule has 2 aromatic rings. The first-order valence-electron chi connectivity index (χ1n) is 9.60. The first kappa shape index (κ1) is 20.6. The molecule has 0 radical (unpaired) electrons. The summed E-state index contributed by atoms with van der Waals surface area (Å²) in [5.74, 6) is 0.755. The molecule has 5 nitrogen and oxygen atoms in total. The van der Waals surface area contributed by atoms with Gasteiger partial charge in [-0.2, -0.15) is 0 Å². The molecule has 2 N–H and O–H groups in total. The highest BCUT2D eigenvalue weighted by atomic mass is 127. The van der Waals surface area contributed by atoms with Crippen molar-refractivity contribution in [1.82, 2.24) is 10.6 Å². The predicted molar refractivity (Wildman–Crippen MR) is 125 cm³/mol. The maximum Gasteiger partial charge on any atom is 0.246 e. The highest BCUT2D eigenvalue weighted by molar-refractivity contribution is 14.0. The molecule has 0 saturated heterocycles. The van der Waals surface area contributed by atoms with Gasteiger partial charge in [-0.3, -0.25) is 9.79 Å². The lowest BCUT2D eigenvalue weighted by Crippen LogP contribution is -2.46. The van der Waals surface area contributed by atoms with Crippen LogP contribution in [0.25, 0.3) is 0 Å². The van der Waals surface area contributed by atoms with Crippen molar-refractivity contribution in [1.29, 1.82) is 0 Å². The monoisotopic (exact) mass is 490 g/mol. The molecule has 2 aromatic carbocycles. The van der Waals surface area contributed by atoms with Gasteiger partial charge in [0.25, 0.3) is 0 Å². The van der Waals surface area contributed by atoms with E-state index in [9.17, 15) is 4.79 Å². The van der Waals surface area contributed by atoms with E-state index in [1.54, 1.807) is 7.05 Å². The van der Waals surface area contributed by atoms with Crippen molar-refractivity contribution in [2.75, 3.05) is 31.6 Å². The van der Waals surface area contributed by atoms with Crippen LogP contribution in [0.5, 0.6) is 0 Å². The molecule has 4 rings (SSSR count). The van der Waals surface area contributed by atoms with E-state index in [0.717, 1.165) is 25.2 Å². The highest BCUT2D eigenvalue weighted by Gasteiger charge is 2.44. The van der Waals surface area contributed by atoms with Crippen LogP contribution < -0.4 is 15.5 Å². The van der Waals surface area contributed by atoms with Gasteiger partial charge in [-0.05, 0) is 36.5 Å². The Morgan fingerprint density at radius 1 is 1.07 bits per heavy atom. The second-order valence-corrected chi connectivity index (χ2v) is 7.35. The van der Waals surface area contributed by atoms with Gasteiger partial charge in [-0.15, -0.1) is 24.0 Å². The number of nitrogens with one attached hydrogen (secondary N) is 2. The number of carbonyl (C=O) groups is 1. The van der Waals surface area contributed by atoms with Gasteiger partial charge in [0.05, 0.1) is 6.54 Å². The second kappa shape index (κ2) is 8.94. The molecule has 0 spiro atoms. The summed E-state index contributed by atoms with van der Waals surface area (Å²) in [5, 5.41) is 6.58. The van der Waals surface area contributed by atoms with Gasteiger partial charge in [0.2, 0.25) is 5.91 Å². The number of anilines is 1. The van der Waals surface area contributed by atoms with E-state index in [1.807, 2.05) is 23.1 Å². The minimum absolute atomic E-state index is 0. The number of benzene rings is 2. The smallest absolute Gasteiger partial charge is 0.246 e. The molecule has 0 aromatic heterocycles. The van der Waals surface area contributed by atoms with E-state index >= 15 is 0 Å². The van der Waals surface area contributed by atoms with Crippen molar-refractivity contribution in [2.24, 2.45) is 4.99 Å². The standard InChI is InChI=1S/C22H26N4O.HI/c1-23-21(25-16-22(12-13-22)18-8-3-2-4-9-18)24-15-20(27)26-14-11-17-7-5-6-10-19(17)26;/h2-10H,11-16H2,1H3,(H2,23,24,25);1H. The number of hydrogen-bond donors (Lipinski definition) is 2. The maximum atomic E-state index is 12.6. The number of nitrogens with zero attached hydrogens (tertiary/aromatic N) is 2. The topological polar surface area (TPSA) is 56.7 Å². The van der Waals surface area contributed by atoms with Crippen LogP contribution in [0.15, 0.2) is 59.6 Å². The van der Waals surface area contributed by atoms with E-state index in [1.165, 1.54) is 24.0 Å². The molecule has 1 saturated carbocycles. The lowest BCUT2D eigenvalue weighted by Gasteiger charge is -2.21. The Kier molecular flexibility index (Phi) is 6.59. The molecule has 6 heteroatoms. The van der Waals surface area contributed by atoms with E-state index in [2.05, 4.69) is 52.0 Å². The summed E-state index contributed by atoms with van der Waals surface area (Å²) < 4.78 is 0. The first-order chi connectivity index (χ1) is 13.2. The van der Waals surface area contributed by atoms with E-state index in [-0.39, 0.29) is 41.8 Å². The fraction of sp³-hybridized carbons (Fsp3) is 0.364. The number of rotatable bonds is 5. The predicted octanol–water partition coefficient (Wildman–Crippen LogP) is 3.09. The van der Waals surface area contributed by atoms with E-state index in [0.29, 0.717) is 5.96 Å². The minimum atomic E-state index is 0. The zero-order valence-electron chi connectivity index (χ0n) is 16.1. The average molecular weight is 490 g/mol. The largest absolute Gasteiger partial charge is 0.356 e. The van der Waals surface area contributed by atoms with Crippen LogP contribution in [0.4, 0.5) is 5.69 Å². The Bertz CT molecular complexity index is 849. The number of para-hydroxylation sites is 1. The van der Waals surface area contributed by atoms with E-state index < -0.39 is 0 Å². The third-order valence-electron chi connectivity index (χ3n) is 5.65. The molecular formula is C22H27IN4O. The number of amides is 1. The molecule has 148 valence electrons. The van der Waals surface area contributed by atoms with Gasteiger partial charge in [-0.25, -0.2) is 0 Å². The van der Waals surface area contributed by atoms with Crippen LogP contribution >= 0.6 is 24.0 Å². The van der Waals surface area contributed by atoms with Gasteiger partial charge < -0.3 is 15.5 Å². The fourth-order valence-electron chi connectivity index (χ4n) is 3.84. The zero-order chi connectivity index (χ0) is 18.7. The molecule has 28 heavy (non-hydrogen) atoms. The van der Waals surface area contributed by atoms with Crippen LogP contribution in [0.2, 0.25) is 0 Å². The Labute approximate surface area is 183 Å². The lowest BCUT2D eigenvalue weighted by atomic mass is 9.96. The Morgan fingerprint density at radius 3 is 2.50 bits per heavy atom. The quantitative estimate of drug-likeness (QED) is 0.385. The molecule has 1 aliphatic carbocycles. The Hall–Kier alpha value is -2.09. The van der Waals surface area contributed by atoms with Crippen LogP contribution in [0, 0.1) is 0 Å². The summed E-state index contributed by atoms with van der Waals surface area (Å²) >= 11 is 0. The summed E-state index contributed by atoms with van der Waals surface area (Å²) in [5.41, 5.74) is 3.86. The SMILES string of the molecule is CN=C(NCC(=O)N1CCc2ccccc21)NCC1(c2ccccc2)CC1.I. The molecule has 2 aliphatic rings. The Morgan fingerprint density at radius 2 is 1.79 bits per heavy atom. The fourth-order valence-corrected chi connectivity index (χ4v) is 3.84. The first-order valence-corrected chi connectivity index (χ1v) is 9.60. The summed E-state index contributed by atoms with van der Waals surface area (Å²) in [6.07, 6.45) is 3.30. The third-order valence-corrected chi connectivity index (χ3v) is 5.65. The number of carbonyl (C=O) groups excluding carboxylic acids is 1. The lowest BCUT2D eigenvalue weighted by molar-refractivity contribution is -0.117. The minimum Gasteiger partial charge on any atom is -0.356 e. The number of aliphatic imine (C=N–C) groups is 1. The summed E-state index contributed by atoms with van der Waals surface area (Å²) in [6.45, 7) is 1.83. The molecule has 0 bridgehead atoms. The van der Waals surface area contributed by atoms with Crippen LogP contribution in [0.1, 0.15) is 24.0 Å². The number of fused-ring (bicyclic) bond motifs is 1. The van der Waals surface area contributed by atoms with E-state index in [4.69, 9.17) is 0 Å². The van der Waals surface area contributed by atoms with Crippen LogP contribution in [-0.2, 0) is 16.6 Å². The molecule has 1 fully saturated rings. The second-order valence-electron chi connectivity index (χ2n) is 7.35. The summed E-state index contributed by atoms with van der Waals surface area (Å²) in [7, 11) is 1.74. The van der Waals surface area contributed by atoms with Crippen molar-refractivity contribution in [2.45, 2.75) is 24.7 Å². The van der Waals surface area contributed by atoms with Gasteiger partial charge in [0, 0.05) is 31.2 Å². The molecule has 1 amide bonds. The highest BCUT2D eigenvalue weighted by Crippen LogP contribution is 2.47. The number of halogens is 1. The van der Waals surface area contributed by atoms with Gasteiger partial charge >= 0.3 is 0 Å². The molecular weight excluding hydrogens is 463 g/mol. The number of hydrogen-bond acceptors (Lipinski definition) is 2. The average Bonchev–Trinajstić information content (AvgIpc) is 3.39. The molecule has 0 atom stereocenters. The van der Waals surface area contributed by atoms with Crippen molar-refractivity contribution >= 4 is 41.5 Å².